The first-order valence-corrected chi connectivity index (χ1v) is 10.9. The molecular weight excluding hydrogens is 473 g/mol. The fraction of sp³-hybridized carbons (Fsp3) is 0.217. The first-order chi connectivity index (χ1) is 14.1. The minimum atomic E-state index is 0.406. The number of nitrogens with one attached hydrogen (secondary N) is 1. The van der Waals surface area contributed by atoms with Gasteiger partial charge in [-0.25, -0.2) is 0 Å². The van der Waals surface area contributed by atoms with Gasteiger partial charge >= 0.3 is 0 Å². The highest BCUT2D eigenvalue weighted by Gasteiger charge is 2.13. The standard InChI is InChI=1S/C23H22BrCl2NO2/c1-2-28-22-12-17(13-27-14-18-7-3-4-9-21(18)26)11-20(24)23(22)29-15-16-6-5-8-19(25)10-16/h3-12,27H,2,13-15H2,1H3. The fourth-order valence-electron chi connectivity index (χ4n) is 2.89. The van der Waals surface area contributed by atoms with E-state index in [0.29, 0.717) is 42.8 Å². The molecule has 0 aliphatic heterocycles. The number of benzene rings is 3. The lowest BCUT2D eigenvalue weighted by Gasteiger charge is -2.16. The van der Waals surface area contributed by atoms with E-state index in [0.717, 1.165) is 26.2 Å². The van der Waals surface area contributed by atoms with E-state index in [1.54, 1.807) is 0 Å². The molecule has 0 bridgehead atoms. The van der Waals surface area contributed by atoms with Gasteiger partial charge < -0.3 is 14.8 Å². The molecule has 6 heteroatoms. The molecule has 0 radical (unpaired) electrons. The van der Waals surface area contributed by atoms with Crippen LogP contribution in [0.2, 0.25) is 10.0 Å². The predicted molar refractivity (Wildman–Crippen MR) is 123 cm³/mol. The van der Waals surface area contributed by atoms with Gasteiger partial charge in [0.25, 0.3) is 0 Å². The molecule has 3 aromatic rings. The Bertz CT molecular complexity index is 965. The molecule has 152 valence electrons. The molecule has 0 heterocycles. The molecule has 3 nitrogen and oxygen atoms in total. The minimum absolute atomic E-state index is 0.406. The zero-order valence-corrected chi connectivity index (χ0v) is 19.2. The highest BCUT2D eigenvalue weighted by Crippen LogP contribution is 2.37. The molecule has 0 saturated carbocycles. The summed E-state index contributed by atoms with van der Waals surface area (Å²) in [6, 6.07) is 19.5. The molecule has 0 fully saturated rings. The zero-order valence-electron chi connectivity index (χ0n) is 16.1. The summed E-state index contributed by atoms with van der Waals surface area (Å²) in [6.07, 6.45) is 0. The van der Waals surface area contributed by atoms with E-state index in [4.69, 9.17) is 32.7 Å². The van der Waals surface area contributed by atoms with Gasteiger partial charge in [-0.1, -0.05) is 53.5 Å². The first kappa shape index (κ1) is 22.0. The molecule has 0 aliphatic rings. The van der Waals surface area contributed by atoms with Crippen LogP contribution >= 0.6 is 39.1 Å². The second-order valence-corrected chi connectivity index (χ2v) is 8.15. The van der Waals surface area contributed by atoms with E-state index in [1.807, 2.05) is 67.6 Å². The second kappa shape index (κ2) is 10.9. The highest BCUT2D eigenvalue weighted by atomic mass is 79.9. The maximum absolute atomic E-state index is 6.22. The van der Waals surface area contributed by atoms with E-state index in [-0.39, 0.29) is 0 Å². The summed E-state index contributed by atoms with van der Waals surface area (Å²) in [5.74, 6) is 1.39. The van der Waals surface area contributed by atoms with Crippen LogP contribution in [0.3, 0.4) is 0 Å². The quantitative estimate of drug-likeness (QED) is 0.346. The van der Waals surface area contributed by atoms with Crippen molar-refractivity contribution in [1.29, 1.82) is 0 Å². The number of ether oxygens (including phenoxy) is 2. The Labute approximate surface area is 190 Å². The van der Waals surface area contributed by atoms with E-state index in [2.05, 4.69) is 21.2 Å². The van der Waals surface area contributed by atoms with Crippen LogP contribution in [0.4, 0.5) is 0 Å². The molecule has 0 unspecified atom stereocenters. The molecule has 0 aliphatic carbocycles. The minimum Gasteiger partial charge on any atom is -0.490 e. The smallest absolute Gasteiger partial charge is 0.175 e. The summed E-state index contributed by atoms with van der Waals surface area (Å²) >= 11 is 15.9. The van der Waals surface area contributed by atoms with E-state index in [1.165, 1.54) is 0 Å². The molecule has 0 atom stereocenters. The predicted octanol–water partition coefficient (Wildman–Crippen LogP) is 7.02. The van der Waals surface area contributed by atoms with Crippen molar-refractivity contribution in [3.05, 3.63) is 91.9 Å². The van der Waals surface area contributed by atoms with Crippen molar-refractivity contribution in [1.82, 2.24) is 5.32 Å². The number of halogens is 3. The molecule has 0 aromatic heterocycles. The summed E-state index contributed by atoms with van der Waals surface area (Å²) in [6.45, 7) is 4.28. The van der Waals surface area contributed by atoms with Crippen LogP contribution in [-0.2, 0) is 19.7 Å². The van der Waals surface area contributed by atoms with Crippen LogP contribution in [-0.4, -0.2) is 6.61 Å². The van der Waals surface area contributed by atoms with Gasteiger partial charge in [0.05, 0.1) is 11.1 Å². The van der Waals surface area contributed by atoms with Gasteiger partial charge in [-0.2, -0.15) is 0 Å². The van der Waals surface area contributed by atoms with Crippen LogP contribution in [0.1, 0.15) is 23.6 Å². The zero-order chi connectivity index (χ0) is 20.6. The lowest BCUT2D eigenvalue weighted by Crippen LogP contribution is -2.13. The van der Waals surface area contributed by atoms with E-state index >= 15 is 0 Å². The maximum atomic E-state index is 6.22. The Morgan fingerprint density at radius 3 is 2.48 bits per heavy atom. The molecule has 0 amide bonds. The monoisotopic (exact) mass is 493 g/mol. The second-order valence-electron chi connectivity index (χ2n) is 6.45. The summed E-state index contributed by atoms with van der Waals surface area (Å²) in [7, 11) is 0. The molecule has 1 N–H and O–H groups in total. The Morgan fingerprint density at radius 1 is 0.897 bits per heavy atom. The van der Waals surface area contributed by atoms with Crippen molar-refractivity contribution in [3.63, 3.8) is 0 Å². The normalized spacial score (nSPS) is 10.8. The fourth-order valence-corrected chi connectivity index (χ4v) is 3.91. The van der Waals surface area contributed by atoms with E-state index in [9.17, 15) is 0 Å². The van der Waals surface area contributed by atoms with Gasteiger partial charge in [0, 0.05) is 23.1 Å². The summed E-state index contributed by atoms with van der Waals surface area (Å²) in [5, 5.41) is 4.88. The van der Waals surface area contributed by atoms with Crippen LogP contribution in [0.15, 0.2) is 65.1 Å². The van der Waals surface area contributed by atoms with Crippen LogP contribution in [0, 0.1) is 0 Å². The van der Waals surface area contributed by atoms with Gasteiger partial charge in [0.2, 0.25) is 0 Å². The molecule has 0 spiro atoms. The van der Waals surface area contributed by atoms with Crippen LogP contribution in [0.25, 0.3) is 0 Å². The maximum Gasteiger partial charge on any atom is 0.175 e. The summed E-state index contributed by atoms with van der Waals surface area (Å²) in [4.78, 5) is 0. The third-order valence-corrected chi connectivity index (χ3v) is 5.44. The molecule has 29 heavy (non-hydrogen) atoms. The molecule has 0 saturated heterocycles. The topological polar surface area (TPSA) is 30.5 Å². The van der Waals surface area contributed by atoms with Crippen molar-refractivity contribution in [2.75, 3.05) is 6.61 Å². The van der Waals surface area contributed by atoms with Crippen molar-refractivity contribution in [3.8, 4) is 11.5 Å². The average molecular weight is 495 g/mol. The Hall–Kier alpha value is -1.72. The third-order valence-electron chi connectivity index (χ3n) is 4.24. The first-order valence-electron chi connectivity index (χ1n) is 9.33. The van der Waals surface area contributed by atoms with Crippen LogP contribution < -0.4 is 14.8 Å². The van der Waals surface area contributed by atoms with Gasteiger partial charge in [0.15, 0.2) is 11.5 Å². The third kappa shape index (κ3) is 6.38. The number of hydrogen-bond donors (Lipinski definition) is 1. The largest absolute Gasteiger partial charge is 0.490 e. The Balaban J connectivity index is 1.69. The van der Waals surface area contributed by atoms with Gasteiger partial charge in [0.1, 0.15) is 6.61 Å². The van der Waals surface area contributed by atoms with Crippen molar-refractivity contribution < 1.29 is 9.47 Å². The molecule has 3 aromatic carbocycles. The molecule has 3 rings (SSSR count). The summed E-state index contributed by atoms with van der Waals surface area (Å²) in [5.41, 5.74) is 3.15. The number of rotatable bonds is 9. The van der Waals surface area contributed by atoms with Gasteiger partial charge in [-0.3, -0.25) is 0 Å². The lowest BCUT2D eigenvalue weighted by molar-refractivity contribution is 0.267. The van der Waals surface area contributed by atoms with Crippen LogP contribution in [0.5, 0.6) is 11.5 Å². The lowest BCUT2D eigenvalue weighted by atomic mass is 10.1. The van der Waals surface area contributed by atoms with Gasteiger partial charge in [-0.05, 0) is 69.9 Å². The average Bonchev–Trinajstić information content (AvgIpc) is 2.69. The molecular formula is C23H22BrCl2NO2. The Morgan fingerprint density at radius 2 is 1.72 bits per heavy atom. The number of hydrogen-bond acceptors (Lipinski definition) is 3. The van der Waals surface area contributed by atoms with Gasteiger partial charge in [-0.15, -0.1) is 0 Å². The van der Waals surface area contributed by atoms with Crippen molar-refractivity contribution >= 4 is 39.1 Å². The highest BCUT2D eigenvalue weighted by molar-refractivity contribution is 9.10. The van der Waals surface area contributed by atoms with E-state index < -0.39 is 0 Å². The summed E-state index contributed by atoms with van der Waals surface area (Å²) < 4.78 is 12.7. The Kier molecular flexibility index (Phi) is 8.25. The van der Waals surface area contributed by atoms with Crippen molar-refractivity contribution in [2.45, 2.75) is 26.6 Å². The SMILES string of the molecule is CCOc1cc(CNCc2ccccc2Cl)cc(Br)c1OCc1cccc(Cl)c1. The van der Waals surface area contributed by atoms with Crippen molar-refractivity contribution in [2.24, 2.45) is 0 Å².